The first-order valence-corrected chi connectivity index (χ1v) is 12.2. The van der Waals surface area contributed by atoms with E-state index in [1.807, 2.05) is 76.2 Å². The van der Waals surface area contributed by atoms with Gasteiger partial charge in [-0.2, -0.15) is 4.31 Å². The molecule has 0 spiro atoms. The maximum atomic E-state index is 14.1. The Labute approximate surface area is 186 Å². The van der Waals surface area contributed by atoms with Crippen LogP contribution in [0.3, 0.4) is 0 Å². The Morgan fingerprint density at radius 2 is 1.39 bits per heavy atom. The Hall–Kier alpha value is -2.69. The van der Waals surface area contributed by atoms with Gasteiger partial charge in [0.05, 0.1) is 4.90 Å². The summed E-state index contributed by atoms with van der Waals surface area (Å²) >= 11 is 0. The highest BCUT2D eigenvalue weighted by atomic mass is 32.2. The predicted molar refractivity (Wildman–Crippen MR) is 127 cm³/mol. The Balaban J connectivity index is 1.82. The number of rotatable bonds is 5. The van der Waals surface area contributed by atoms with E-state index < -0.39 is 10.0 Å². The minimum absolute atomic E-state index is 0.238. The van der Waals surface area contributed by atoms with E-state index in [2.05, 4.69) is 30.3 Å². The van der Waals surface area contributed by atoms with E-state index in [0.717, 1.165) is 33.4 Å². The molecular formula is C27H29NO2S. The molecule has 1 heterocycles. The average molecular weight is 432 g/mol. The summed E-state index contributed by atoms with van der Waals surface area (Å²) in [5.41, 5.74) is 5.94. The molecule has 0 bridgehead atoms. The molecule has 1 aliphatic rings. The lowest BCUT2D eigenvalue weighted by Crippen LogP contribution is -2.42. The van der Waals surface area contributed by atoms with Crippen LogP contribution in [-0.2, 0) is 16.4 Å². The third-order valence-corrected chi connectivity index (χ3v) is 8.37. The van der Waals surface area contributed by atoms with E-state index in [4.69, 9.17) is 0 Å². The monoisotopic (exact) mass is 431 g/mol. The summed E-state index contributed by atoms with van der Waals surface area (Å²) in [6.45, 7) is 7.79. The normalized spacial score (nSPS) is 19.4. The Kier molecular flexibility index (Phi) is 5.87. The zero-order valence-corrected chi connectivity index (χ0v) is 19.4. The highest BCUT2D eigenvalue weighted by Crippen LogP contribution is 2.38. The first-order valence-electron chi connectivity index (χ1n) is 10.7. The van der Waals surface area contributed by atoms with Gasteiger partial charge in [-0.25, -0.2) is 8.42 Å². The smallest absolute Gasteiger partial charge is 0.207 e. The van der Waals surface area contributed by atoms with Crippen LogP contribution in [0.4, 0.5) is 0 Å². The Morgan fingerprint density at radius 3 is 1.97 bits per heavy atom. The van der Waals surface area contributed by atoms with Gasteiger partial charge in [-0.05, 0) is 61.9 Å². The molecule has 0 aliphatic carbocycles. The minimum atomic E-state index is -3.69. The molecule has 3 nitrogen and oxygen atoms in total. The molecule has 1 aliphatic heterocycles. The summed E-state index contributed by atoms with van der Waals surface area (Å²) in [6, 6.07) is 23.6. The van der Waals surface area contributed by atoms with Crippen molar-refractivity contribution in [3.8, 4) is 0 Å². The zero-order chi connectivity index (χ0) is 22.2. The van der Waals surface area contributed by atoms with E-state index in [0.29, 0.717) is 11.3 Å². The van der Waals surface area contributed by atoms with Crippen LogP contribution >= 0.6 is 0 Å². The number of benzene rings is 3. The lowest BCUT2D eigenvalue weighted by atomic mass is 10.0. The van der Waals surface area contributed by atoms with Gasteiger partial charge in [0, 0.05) is 12.1 Å². The maximum absolute atomic E-state index is 14.1. The minimum Gasteiger partial charge on any atom is -0.207 e. The Bertz CT molecular complexity index is 1190. The van der Waals surface area contributed by atoms with E-state index in [1.54, 1.807) is 4.31 Å². The molecule has 0 fully saturated rings. The fourth-order valence-electron chi connectivity index (χ4n) is 4.88. The molecule has 0 aromatic heterocycles. The number of aryl methyl sites for hydroxylation is 3. The highest BCUT2D eigenvalue weighted by molar-refractivity contribution is 7.89. The van der Waals surface area contributed by atoms with Gasteiger partial charge >= 0.3 is 0 Å². The molecule has 4 heteroatoms. The van der Waals surface area contributed by atoms with E-state index in [1.165, 1.54) is 0 Å². The molecule has 0 N–H and O–H groups in total. The average Bonchev–Trinajstić information content (AvgIpc) is 3.05. The largest absolute Gasteiger partial charge is 0.244 e. The van der Waals surface area contributed by atoms with Crippen LogP contribution in [0.25, 0.3) is 5.57 Å². The first kappa shape index (κ1) is 21.5. The first-order chi connectivity index (χ1) is 14.8. The summed E-state index contributed by atoms with van der Waals surface area (Å²) in [5, 5.41) is 0. The van der Waals surface area contributed by atoms with Crippen molar-refractivity contribution in [2.45, 2.75) is 51.1 Å². The molecule has 0 amide bonds. The van der Waals surface area contributed by atoms with Crippen molar-refractivity contribution >= 4 is 15.6 Å². The van der Waals surface area contributed by atoms with Crippen molar-refractivity contribution in [3.63, 3.8) is 0 Å². The van der Waals surface area contributed by atoms with Crippen LogP contribution in [0.2, 0.25) is 0 Å². The van der Waals surface area contributed by atoms with Crippen molar-refractivity contribution in [3.05, 3.63) is 107 Å². The van der Waals surface area contributed by atoms with Crippen LogP contribution in [0.1, 0.15) is 34.7 Å². The van der Waals surface area contributed by atoms with Crippen LogP contribution in [0.15, 0.2) is 83.8 Å². The molecule has 0 saturated heterocycles. The second-order valence-electron chi connectivity index (χ2n) is 8.48. The fraction of sp³-hybridized carbons (Fsp3) is 0.259. The summed E-state index contributed by atoms with van der Waals surface area (Å²) in [6.07, 6.45) is 2.79. The number of hydrogen-bond acceptors (Lipinski definition) is 2. The van der Waals surface area contributed by atoms with E-state index >= 15 is 0 Å². The molecule has 0 saturated carbocycles. The molecule has 0 radical (unpaired) electrons. The van der Waals surface area contributed by atoms with Crippen molar-refractivity contribution in [2.24, 2.45) is 0 Å². The zero-order valence-electron chi connectivity index (χ0n) is 18.5. The molecule has 4 rings (SSSR count). The fourth-order valence-corrected chi connectivity index (χ4v) is 7.05. The number of sulfonamides is 1. The lowest BCUT2D eigenvalue weighted by molar-refractivity contribution is 0.355. The van der Waals surface area contributed by atoms with Gasteiger partial charge in [0.2, 0.25) is 10.0 Å². The topological polar surface area (TPSA) is 37.4 Å². The van der Waals surface area contributed by atoms with Gasteiger partial charge in [0.15, 0.2) is 0 Å². The second kappa shape index (κ2) is 8.45. The molecule has 0 unspecified atom stereocenters. The van der Waals surface area contributed by atoms with Gasteiger partial charge in [0.1, 0.15) is 0 Å². The van der Waals surface area contributed by atoms with Crippen molar-refractivity contribution in [1.29, 1.82) is 0 Å². The summed E-state index contributed by atoms with van der Waals surface area (Å²) < 4.78 is 29.9. The summed E-state index contributed by atoms with van der Waals surface area (Å²) in [5.74, 6) is 0. The van der Waals surface area contributed by atoms with E-state index in [-0.39, 0.29) is 12.1 Å². The van der Waals surface area contributed by atoms with Crippen molar-refractivity contribution in [1.82, 2.24) is 4.31 Å². The molecule has 160 valence electrons. The third kappa shape index (κ3) is 4.10. The molecule has 3 aromatic rings. The van der Waals surface area contributed by atoms with Crippen LogP contribution in [0.5, 0.6) is 0 Å². The quantitative estimate of drug-likeness (QED) is 0.520. The molecule has 31 heavy (non-hydrogen) atoms. The predicted octanol–water partition coefficient (Wildman–Crippen LogP) is 5.70. The molecule has 2 atom stereocenters. The molecule has 3 aromatic carbocycles. The van der Waals surface area contributed by atoms with Gasteiger partial charge in [-0.3, -0.25) is 0 Å². The van der Waals surface area contributed by atoms with Crippen molar-refractivity contribution in [2.75, 3.05) is 0 Å². The third-order valence-electron chi connectivity index (χ3n) is 6.07. The second-order valence-corrected chi connectivity index (χ2v) is 10.3. The van der Waals surface area contributed by atoms with Gasteiger partial charge in [-0.15, -0.1) is 0 Å². The Morgan fingerprint density at radius 1 is 0.839 bits per heavy atom. The van der Waals surface area contributed by atoms with Crippen LogP contribution in [0, 0.1) is 20.8 Å². The van der Waals surface area contributed by atoms with Gasteiger partial charge in [0.25, 0.3) is 0 Å². The summed E-state index contributed by atoms with van der Waals surface area (Å²) in [4.78, 5) is 0.436. The number of hydrogen-bond donors (Lipinski definition) is 0. The van der Waals surface area contributed by atoms with E-state index in [9.17, 15) is 8.42 Å². The maximum Gasteiger partial charge on any atom is 0.244 e. The molecular weight excluding hydrogens is 402 g/mol. The van der Waals surface area contributed by atoms with Crippen LogP contribution < -0.4 is 0 Å². The standard InChI is InChI=1S/C27H29NO2S/c1-19-15-20(2)27(21(3)16-19)31(29,30)28-22(4)26(24-13-9-6-10-14-24)18-25(28)17-23-11-7-5-8-12-23/h5-16,18,22,25H,17H2,1-4H3/t22-,25+/m1/s1. The SMILES string of the molecule is Cc1cc(C)c(S(=O)(=O)N2[C@@H](Cc3ccccc3)C=C(c3ccccc3)[C@H]2C)c(C)c1. The number of nitrogens with zero attached hydrogens (tertiary/aromatic N) is 1. The highest BCUT2D eigenvalue weighted by Gasteiger charge is 2.42. The lowest BCUT2D eigenvalue weighted by Gasteiger charge is -2.30. The van der Waals surface area contributed by atoms with Gasteiger partial charge < -0.3 is 0 Å². The van der Waals surface area contributed by atoms with Gasteiger partial charge in [-0.1, -0.05) is 84.4 Å². The van der Waals surface area contributed by atoms with Crippen molar-refractivity contribution < 1.29 is 8.42 Å². The van der Waals surface area contributed by atoms with Crippen LogP contribution in [-0.4, -0.2) is 24.8 Å². The summed E-state index contributed by atoms with van der Waals surface area (Å²) in [7, 11) is -3.69.